The van der Waals surface area contributed by atoms with Gasteiger partial charge in [-0.2, -0.15) is 0 Å². The van der Waals surface area contributed by atoms with E-state index in [9.17, 15) is 10.2 Å². The Bertz CT molecular complexity index is 233. The minimum atomic E-state index is -0.648. The average Bonchev–Trinajstić information content (AvgIpc) is 2.20. The molecule has 0 aromatic rings. The van der Waals surface area contributed by atoms with Crippen molar-refractivity contribution in [2.75, 3.05) is 0 Å². The Balaban J connectivity index is 2.62. The molecule has 17 heavy (non-hydrogen) atoms. The molecule has 0 saturated heterocycles. The lowest BCUT2D eigenvalue weighted by molar-refractivity contribution is -0.0512. The first-order chi connectivity index (χ1) is 7.74. The fraction of sp³-hybridized carbons (Fsp3) is 1.00. The molecule has 2 heteroatoms. The van der Waals surface area contributed by atoms with Gasteiger partial charge in [0, 0.05) is 0 Å². The van der Waals surface area contributed by atoms with Crippen LogP contribution in [0.15, 0.2) is 0 Å². The van der Waals surface area contributed by atoms with Crippen LogP contribution in [0.1, 0.15) is 60.3 Å². The van der Waals surface area contributed by atoms with Crippen LogP contribution < -0.4 is 0 Å². The van der Waals surface area contributed by atoms with E-state index < -0.39 is 5.60 Å². The van der Waals surface area contributed by atoms with E-state index in [-0.39, 0.29) is 17.9 Å². The Hall–Kier alpha value is -0.0800. The van der Waals surface area contributed by atoms with Gasteiger partial charge in [-0.3, -0.25) is 0 Å². The van der Waals surface area contributed by atoms with Crippen molar-refractivity contribution < 1.29 is 10.2 Å². The summed E-state index contributed by atoms with van der Waals surface area (Å²) in [6.45, 7) is 10.5. The Kier molecular flexibility index (Phi) is 5.03. The van der Waals surface area contributed by atoms with E-state index in [4.69, 9.17) is 0 Å². The van der Waals surface area contributed by atoms with Crippen LogP contribution in [-0.4, -0.2) is 21.9 Å². The third-order valence-electron chi connectivity index (χ3n) is 4.84. The van der Waals surface area contributed by atoms with Crippen molar-refractivity contribution in [2.45, 2.75) is 72.0 Å². The van der Waals surface area contributed by atoms with Crippen LogP contribution in [0, 0.1) is 23.7 Å². The van der Waals surface area contributed by atoms with E-state index in [1.54, 1.807) is 0 Å². The lowest BCUT2D eigenvalue weighted by Crippen LogP contribution is -2.40. The number of hydrogen-bond acceptors (Lipinski definition) is 2. The predicted octanol–water partition coefficient (Wildman–Crippen LogP) is 3.22. The fourth-order valence-electron chi connectivity index (χ4n) is 2.88. The molecule has 0 radical (unpaired) electrons. The van der Waals surface area contributed by atoms with Crippen molar-refractivity contribution in [3.8, 4) is 0 Å². The van der Waals surface area contributed by atoms with E-state index in [1.807, 2.05) is 6.92 Å². The summed E-state index contributed by atoms with van der Waals surface area (Å²) in [6.07, 6.45) is 3.63. The zero-order chi connectivity index (χ0) is 13.2. The maximum absolute atomic E-state index is 10.4. The van der Waals surface area contributed by atoms with E-state index in [1.165, 1.54) is 0 Å². The van der Waals surface area contributed by atoms with Crippen molar-refractivity contribution in [1.82, 2.24) is 0 Å². The summed E-state index contributed by atoms with van der Waals surface area (Å²) in [5, 5.41) is 20.5. The van der Waals surface area contributed by atoms with Crippen molar-refractivity contribution in [3.05, 3.63) is 0 Å². The molecular weight excluding hydrogens is 212 g/mol. The van der Waals surface area contributed by atoms with Crippen LogP contribution in [0.3, 0.4) is 0 Å². The van der Waals surface area contributed by atoms with Gasteiger partial charge in [0.1, 0.15) is 0 Å². The van der Waals surface area contributed by atoms with E-state index in [0.717, 1.165) is 25.7 Å². The molecule has 0 heterocycles. The standard InChI is InChI=1S/C15H30O2/c1-10(2)12-6-7-14(16)13(8-12)9-15(5,17)11(3)4/h10-14,16-17H,6-9H2,1-5H3. The molecule has 0 aromatic carbocycles. The molecule has 102 valence electrons. The lowest BCUT2D eigenvalue weighted by atomic mass is 9.70. The van der Waals surface area contributed by atoms with Gasteiger partial charge >= 0.3 is 0 Å². The topological polar surface area (TPSA) is 40.5 Å². The van der Waals surface area contributed by atoms with Crippen molar-refractivity contribution >= 4 is 0 Å². The lowest BCUT2D eigenvalue weighted by Gasteiger charge is -2.40. The first-order valence-corrected chi connectivity index (χ1v) is 7.14. The maximum Gasteiger partial charge on any atom is 0.0646 e. The zero-order valence-electron chi connectivity index (χ0n) is 12.1. The van der Waals surface area contributed by atoms with Crippen LogP contribution in [-0.2, 0) is 0 Å². The second-order valence-electron chi connectivity index (χ2n) is 6.86. The maximum atomic E-state index is 10.4. The van der Waals surface area contributed by atoms with Gasteiger partial charge in [0.25, 0.3) is 0 Å². The van der Waals surface area contributed by atoms with Gasteiger partial charge < -0.3 is 10.2 Å². The molecule has 0 spiro atoms. The Morgan fingerprint density at radius 2 is 1.76 bits per heavy atom. The molecule has 1 aliphatic carbocycles. The molecule has 1 fully saturated rings. The van der Waals surface area contributed by atoms with Gasteiger partial charge in [-0.15, -0.1) is 0 Å². The molecule has 2 N–H and O–H groups in total. The second kappa shape index (κ2) is 5.71. The SMILES string of the molecule is CC(C)C1CCC(O)C(CC(C)(O)C(C)C)C1. The highest BCUT2D eigenvalue weighted by Gasteiger charge is 2.36. The third-order valence-corrected chi connectivity index (χ3v) is 4.84. The molecular formula is C15H30O2. The van der Waals surface area contributed by atoms with Crippen LogP contribution in [0.5, 0.6) is 0 Å². The van der Waals surface area contributed by atoms with Crippen LogP contribution in [0.2, 0.25) is 0 Å². The molecule has 0 amide bonds. The highest BCUT2D eigenvalue weighted by atomic mass is 16.3. The normalized spacial score (nSPS) is 34.1. The third kappa shape index (κ3) is 3.96. The smallest absolute Gasteiger partial charge is 0.0646 e. The van der Waals surface area contributed by atoms with E-state index >= 15 is 0 Å². The van der Waals surface area contributed by atoms with Crippen LogP contribution in [0.4, 0.5) is 0 Å². The molecule has 4 atom stereocenters. The molecule has 0 aliphatic heterocycles. The van der Waals surface area contributed by atoms with Crippen molar-refractivity contribution in [3.63, 3.8) is 0 Å². The average molecular weight is 242 g/mol. The molecule has 1 saturated carbocycles. The highest BCUT2D eigenvalue weighted by molar-refractivity contribution is 4.87. The predicted molar refractivity (Wildman–Crippen MR) is 71.8 cm³/mol. The summed E-state index contributed by atoms with van der Waals surface area (Å²) in [7, 11) is 0. The Morgan fingerprint density at radius 1 is 1.18 bits per heavy atom. The summed E-state index contributed by atoms with van der Waals surface area (Å²) >= 11 is 0. The van der Waals surface area contributed by atoms with Crippen LogP contribution >= 0.6 is 0 Å². The quantitative estimate of drug-likeness (QED) is 0.794. The molecule has 2 nitrogen and oxygen atoms in total. The number of aliphatic hydroxyl groups excluding tert-OH is 1. The van der Waals surface area contributed by atoms with Gasteiger partial charge in [0.15, 0.2) is 0 Å². The first-order valence-electron chi connectivity index (χ1n) is 7.14. The number of rotatable bonds is 4. The monoisotopic (exact) mass is 242 g/mol. The summed E-state index contributed by atoms with van der Waals surface area (Å²) < 4.78 is 0. The summed E-state index contributed by atoms with van der Waals surface area (Å²) in [5.41, 5.74) is -0.648. The molecule has 0 bridgehead atoms. The number of aliphatic hydroxyl groups is 2. The van der Waals surface area contributed by atoms with E-state index in [2.05, 4.69) is 27.7 Å². The molecule has 4 unspecified atom stereocenters. The van der Waals surface area contributed by atoms with Crippen molar-refractivity contribution in [2.24, 2.45) is 23.7 Å². The number of hydrogen-bond donors (Lipinski definition) is 2. The van der Waals surface area contributed by atoms with Gasteiger partial charge in [-0.05, 0) is 56.3 Å². The van der Waals surface area contributed by atoms with Crippen LogP contribution in [0.25, 0.3) is 0 Å². The van der Waals surface area contributed by atoms with Gasteiger partial charge in [0.2, 0.25) is 0 Å². The summed E-state index contributed by atoms with van der Waals surface area (Å²) in [6, 6.07) is 0. The highest BCUT2D eigenvalue weighted by Crippen LogP contribution is 2.39. The Morgan fingerprint density at radius 3 is 2.24 bits per heavy atom. The molecule has 1 aliphatic rings. The molecule has 1 rings (SSSR count). The summed E-state index contributed by atoms with van der Waals surface area (Å²) in [4.78, 5) is 0. The second-order valence-corrected chi connectivity index (χ2v) is 6.86. The largest absolute Gasteiger partial charge is 0.393 e. The van der Waals surface area contributed by atoms with Gasteiger partial charge in [-0.25, -0.2) is 0 Å². The van der Waals surface area contributed by atoms with Gasteiger partial charge in [0.05, 0.1) is 11.7 Å². The first kappa shape index (κ1) is 15.0. The van der Waals surface area contributed by atoms with E-state index in [0.29, 0.717) is 11.8 Å². The van der Waals surface area contributed by atoms with Crippen molar-refractivity contribution in [1.29, 1.82) is 0 Å². The summed E-state index contributed by atoms with van der Waals surface area (Å²) in [5.74, 6) is 1.92. The molecule has 0 aromatic heterocycles. The Labute approximate surface area is 106 Å². The van der Waals surface area contributed by atoms with Gasteiger partial charge in [-0.1, -0.05) is 27.7 Å². The zero-order valence-corrected chi connectivity index (χ0v) is 12.1. The minimum Gasteiger partial charge on any atom is -0.393 e. The fourth-order valence-corrected chi connectivity index (χ4v) is 2.88. The minimum absolute atomic E-state index is 0.213.